The van der Waals surface area contributed by atoms with Crippen LogP contribution in [0, 0.1) is 0 Å². The third-order valence-electron chi connectivity index (χ3n) is 4.37. The molecule has 1 aliphatic heterocycles. The van der Waals surface area contributed by atoms with Gasteiger partial charge in [0.1, 0.15) is 6.04 Å². The fourth-order valence-electron chi connectivity index (χ4n) is 3.27. The van der Waals surface area contributed by atoms with Gasteiger partial charge in [-0.15, -0.1) is 0 Å². The summed E-state index contributed by atoms with van der Waals surface area (Å²) in [6.45, 7) is 4.81. The summed E-state index contributed by atoms with van der Waals surface area (Å²) in [5.41, 5.74) is -0.0185. The highest BCUT2D eigenvalue weighted by Gasteiger charge is 2.41. The number of carbonyl (C=O) groups is 2. The molecule has 1 unspecified atom stereocenters. The smallest absolute Gasteiger partial charge is 0.245 e. The molecule has 2 rings (SSSR count). The summed E-state index contributed by atoms with van der Waals surface area (Å²) in [4.78, 5) is 26.3. The van der Waals surface area contributed by atoms with Crippen molar-refractivity contribution in [1.82, 2.24) is 10.2 Å². The van der Waals surface area contributed by atoms with Gasteiger partial charge in [-0.05, 0) is 26.2 Å². The van der Waals surface area contributed by atoms with Gasteiger partial charge in [0.25, 0.3) is 0 Å². The van der Waals surface area contributed by atoms with Gasteiger partial charge in [-0.1, -0.05) is 26.2 Å². The number of rotatable bonds is 3. The summed E-state index contributed by atoms with van der Waals surface area (Å²) in [6.07, 6.45) is 6.65. The first-order chi connectivity index (χ1) is 8.57. The fraction of sp³-hybridized carbons (Fsp3) is 0.857. The molecule has 0 bridgehead atoms. The average Bonchev–Trinajstić information content (AvgIpc) is 2.70. The van der Waals surface area contributed by atoms with Gasteiger partial charge < -0.3 is 10.2 Å². The van der Waals surface area contributed by atoms with E-state index in [-0.39, 0.29) is 23.4 Å². The van der Waals surface area contributed by atoms with Gasteiger partial charge in [-0.3, -0.25) is 9.59 Å². The van der Waals surface area contributed by atoms with E-state index in [9.17, 15) is 9.59 Å². The van der Waals surface area contributed by atoms with Crippen molar-refractivity contribution in [2.45, 2.75) is 70.4 Å². The molecule has 0 radical (unpaired) electrons. The highest BCUT2D eigenvalue weighted by Crippen LogP contribution is 2.36. The van der Waals surface area contributed by atoms with Crippen molar-refractivity contribution in [3.8, 4) is 0 Å². The summed E-state index contributed by atoms with van der Waals surface area (Å²) in [5, 5.41) is 2.87. The van der Waals surface area contributed by atoms with Gasteiger partial charge in [0.15, 0.2) is 0 Å². The molecule has 102 valence electrons. The largest absolute Gasteiger partial charge is 0.344 e. The van der Waals surface area contributed by atoms with E-state index >= 15 is 0 Å². The summed E-state index contributed by atoms with van der Waals surface area (Å²) in [5.74, 6) is 0.151. The molecular weight excluding hydrogens is 228 g/mol. The third kappa shape index (κ3) is 2.52. The van der Waals surface area contributed by atoms with E-state index in [4.69, 9.17) is 0 Å². The van der Waals surface area contributed by atoms with Crippen LogP contribution in [0.25, 0.3) is 0 Å². The second-order valence-electron chi connectivity index (χ2n) is 5.85. The Morgan fingerprint density at radius 2 is 2.00 bits per heavy atom. The molecule has 4 nitrogen and oxygen atoms in total. The Labute approximate surface area is 109 Å². The summed E-state index contributed by atoms with van der Waals surface area (Å²) >= 11 is 0. The SMILES string of the molecule is CCCC1NC(=O)CCN(C2(C)CCCC2)C1=O. The Morgan fingerprint density at radius 3 is 2.61 bits per heavy atom. The van der Waals surface area contributed by atoms with Crippen LogP contribution >= 0.6 is 0 Å². The molecule has 0 aromatic carbocycles. The highest BCUT2D eigenvalue weighted by molar-refractivity contribution is 5.90. The number of amides is 2. The van der Waals surface area contributed by atoms with Crippen molar-refractivity contribution in [3.05, 3.63) is 0 Å². The van der Waals surface area contributed by atoms with Crippen LogP contribution in [0.4, 0.5) is 0 Å². The maximum atomic E-state index is 12.6. The molecule has 0 aromatic heterocycles. The van der Waals surface area contributed by atoms with Crippen molar-refractivity contribution in [3.63, 3.8) is 0 Å². The first-order valence-electron chi connectivity index (χ1n) is 7.18. The van der Waals surface area contributed by atoms with Crippen LogP contribution in [-0.4, -0.2) is 34.8 Å². The first-order valence-corrected chi connectivity index (χ1v) is 7.18. The van der Waals surface area contributed by atoms with E-state index in [1.165, 1.54) is 12.8 Å². The predicted molar refractivity (Wildman–Crippen MR) is 70.0 cm³/mol. The van der Waals surface area contributed by atoms with Gasteiger partial charge in [0.2, 0.25) is 11.8 Å². The molecule has 2 fully saturated rings. The molecule has 1 saturated carbocycles. The summed E-state index contributed by atoms with van der Waals surface area (Å²) in [6, 6.07) is -0.303. The summed E-state index contributed by atoms with van der Waals surface area (Å²) in [7, 11) is 0. The van der Waals surface area contributed by atoms with Crippen LogP contribution in [0.2, 0.25) is 0 Å². The molecule has 1 heterocycles. The molecule has 2 aliphatic rings. The van der Waals surface area contributed by atoms with Gasteiger partial charge in [-0.25, -0.2) is 0 Å². The van der Waals surface area contributed by atoms with E-state index < -0.39 is 0 Å². The van der Waals surface area contributed by atoms with E-state index in [0.717, 1.165) is 25.7 Å². The van der Waals surface area contributed by atoms with Crippen LogP contribution in [0.15, 0.2) is 0 Å². The zero-order valence-electron chi connectivity index (χ0n) is 11.5. The van der Waals surface area contributed by atoms with Gasteiger partial charge in [0, 0.05) is 18.5 Å². The molecule has 1 aliphatic carbocycles. The highest BCUT2D eigenvalue weighted by atomic mass is 16.2. The molecule has 1 saturated heterocycles. The lowest BCUT2D eigenvalue weighted by atomic mass is 9.96. The maximum absolute atomic E-state index is 12.6. The second kappa shape index (κ2) is 5.29. The first kappa shape index (κ1) is 13.4. The second-order valence-corrected chi connectivity index (χ2v) is 5.85. The number of carbonyl (C=O) groups excluding carboxylic acids is 2. The third-order valence-corrected chi connectivity index (χ3v) is 4.37. The van der Waals surface area contributed by atoms with Crippen LogP contribution in [0.3, 0.4) is 0 Å². The lowest BCUT2D eigenvalue weighted by Crippen LogP contribution is -2.53. The van der Waals surface area contributed by atoms with Gasteiger partial charge in [-0.2, -0.15) is 0 Å². The molecule has 2 amide bonds. The molecule has 1 atom stereocenters. The molecule has 18 heavy (non-hydrogen) atoms. The Balaban J connectivity index is 2.18. The molecular formula is C14H24N2O2. The Bertz CT molecular complexity index is 335. The number of hydrogen-bond acceptors (Lipinski definition) is 2. The number of nitrogens with zero attached hydrogens (tertiary/aromatic N) is 1. The van der Waals surface area contributed by atoms with Crippen LogP contribution < -0.4 is 5.32 Å². The lowest BCUT2D eigenvalue weighted by Gasteiger charge is -2.39. The van der Waals surface area contributed by atoms with Gasteiger partial charge >= 0.3 is 0 Å². The molecule has 0 aromatic rings. The van der Waals surface area contributed by atoms with E-state index in [1.54, 1.807) is 0 Å². The standard InChI is InChI=1S/C14H24N2O2/c1-3-6-11-13(18)16(10-7-12(17)15-11)14(2)8-4-5-9-14/h11H,3-10H2,1-2H3,(H,15,17). The minimum Gasteiger partial charge on any atom is -0.344 e. The minimum atomic E-state index is -0.303. The molecule has 4 heteroatoms. The van der Waals surface area contributed by atoms with Crippen molar-refractivity contribution in [2.24, 2.45) is 0 Å². The summed E-state index contributed by atoms with van der Waals surface area (Å²) < 4.78 is 0. The Kier molecular flexibility index (Phi) is 3.93. The quantitative estimate of drug-likeness (QED) is 0.833. The Morgan fingerprint density at radius 1 is 1.33 bits per heavy atom. The van der Waals surface area contributed by atoms with E-state index in [2.05, 4.69) is 12.2 Å². The topological polar surface area (TPSA) is 49.4 Å². The predicted octanol–water partition coefficient (Wildman–Crippen LogP) is 1.84. The van der Waals surface area contributed by atoms with Crippen molar-refractivity contribution >= 4 is 11.8 Å². The minimum absolute atomic E-state index is 0.0185. The lowest BCUT2D eigenvalue weighted by molar-refractivity contribution is -0.138. The van der Waals surface area contributed by atoms with Crippen LogP contribution in [0.5, 0.6) is 0 Å². The van der Waals surface area contributed by atoms with E-state index in [0.29, 0.717) is 13.0 Å². The van der Waals surface area contributed by atoms with Crippen molar-refractivity contribution in [1.29, 1.82) is 0 Å². The zero-order valence-corrected chi connectivity index (χ0v) is 11.5. The monoisotopic (exact) mass is 252 g/mol. The normalized spacial score (nSPS) is 28.1. The van der Waals surface area contributed by atoms with Crippen molar-refractivity contribution < 1.29 is 9.59 Å². The van der Waals surface area contributed by atoms with Crippen molar-refractivity contribution in [2.75, 3.05) is 6.54 Å². The van der Waals surface area contributed by atoms with E-state index in [1.807, 2.05) is 11.8 Å². The van der Waals surface area contributed by atoms with Crippen LogP contribution in [0.1, 0.15) is 58.8 Å². The van der Waals surface area contributed by atoms with Gasteiger partial charge in [0.05, 0.1) is 0 Å². The number of hydrogen-bond donors (Lipinski definition) is 1. The Hall–Kier alpha value is -1.06. The zero-order chi connectivity index (χ0) is 13.2. The maximum Gasteiger partial charge on any atom is 0.245 e. The molecule has 0 spiro atoms. The number of nitrogens with one attached hydrogen (secondary N) is 1. The average molecular weight is 252 g/mol. The molecule has 1 N–H and O–H groups in total. The van der Waals surface area contributed by atoms with Crippen LogP contribution in [-0.2, 0) is 9.59 Å². The fourth-order valence-corrected chi connectivity index (χ4v) is 3.27.